The van der Waals surface area contributed by atoms with Gasteiger partial charge in [0.2, 0.25) is 23.6 Å². The molecule has 1 aromatic heterocycles. The number of halogens is 1. The molecule has 1 unspecified atom stereocenters. The number of imide groups is 1. The van der Waals surface area contributed by atoms with Crippen molar-refractivity contribution in [2.75, 3.05) is 43.2 Å². The van der Waals surface area contributed by atoms with Crippen molar-refractivity contribution < 1.29 is 57.2 Å². The molecule has 2 aliphatic heterocycles. The van der Waals surface area contributed by atoms with Crippen LogP contribution >= 0.6 is 31.2 Å². The van der Waals surface area contributed by atoms with Gasteiger partial charge in [-0.05, 0) is 84.6 Å². The van der Waals surface area contributed by atoms with Gasteiger partial charge in [-0.1, -0.05) is 68.4 Å². The third-order valence-electron chi connectivity index (χ3n) is 13.8. The van der Waals surface area contributed by atoms with Crippen molar-refractivity contribution in [2.24, 2.45) is 17.6 Å². The lowest BCUT2D eigenvalue weighted by Gasteiger charge is -2.24. The molecule has 0 radical (unpaired) electrons. The third kappa shape index (κ3) is 14.3. The number of H-pyrrole nitrogens is 1. The topological polar surface area (TPSA) is 288 Å². The molecule has 76 heavy (non-hydrogen) atoms. The van der Waals surface area contributed by atoms with Gasteiger partial charge in [0.05, 0.1) is 17.0 Å². The van der Waals surface area contributed by atoms with Gasteiger partial charge in [0.15, 0.2) is 11.6 Å². The van der Waals surface area contributed by atoms with E-state index in [0.29, 0.717) is 76.3 Å². The molecular formula is C54H63ClN7O12PS. The van der Waals surface area contributed by atoms with E-state index in [2.05, 4.69) is 20.9 Å². The van der Waals surface area contributed by atoms with Crippen LogP contribution in [0, 0.1) is 11.8 Å². The zero-order valence-electron chi connectivity index (χ0n) is 42.5. The molecule has 2 aliphatic rings. The van der Waals surface area contributed by atoms with Crippen molar-refractivity contribution in [1.82, 2.24) is 25.8 Å². The van der Waals surface area contributed by atoms with E-state index < -0.39 is 31.7 Å². The number of alkyl halides is 1. The van der Waals surface area contributed by atoms with E-state index in [4.69, 9.17) is 21.9 Å². The fourth-order valence-corrected chi connectivity index (χ4v) is 11.2. The highest BCUT2D eigenvalue weighted by molar-refractivity contribution is 8.00. The number of nitrogens with two attached hydrogens (primary N) is 1. The van der Waals surface area contributed by atoms with Crippen LogP contribution in [0.1, 0.15) is 102 Å². The number of nitrogens with one attached hydrogen (secondary N) is 4. The van der Waals surface area contributed by atoms with Gasteiger partial charge in [0.1, 0.15) is 11.4 Å². The zero-order chi connectivity index (χ0) is 54.8. The Balaban J connectivity index is 0.939. The molecule has 0 aliphatic carbocycles. The van der Waals surface area contributed by atoms with Crippen LogP contribution in [0.25, 0.3) is 21.7 Å². The number of aromatic amines is 1. The van der Waals surface area contributed by atoms with E-state index in [0.717, 1.165) is 5.56 Å². The Labute approximate surface area is 449 Å². The van der Waals surface area contributed by atoms with Gasteiger partial charge in [-0.2, -0.15) is 11.8 Å². The Morgan fingerprint density at radius 3 is 2.26 bits per heavy atom. The minimum absolute atomic E-state index is 0.0377. The number of hydrogen-bond acceptors (Lipinski definition) is 11. The molecule has 22 heteroatoms. The van der Waals surface area contributed by atoms with E-state index in [9.17, 15) is 52.7 Å². The summed E-state index contributed by atoms with van der Waals surface area (Å²) < 4.78 is 17.0. The Bertz CT molecular complexity index is 3070. The molecule has 404 valence electrons. The second-order valence-electron chi connectivity index (χ2n) is 19.5. The standard InChI is InChI=1S/C54H63ClN7O12PS/c1-31(2)37(11-6-20-57-48(65)13-8-22-61-49(66)28-47(76-3)53(61)69)51(67)60-41(12-7-21-58-54(56)70)45(64)24-32-14-17-34(18-15-32)44(63)25-33-16-19-40-35(23-33)26-42(59-40)52(68)62-30-36(29-55)50-39-10-5-4-9-38(39)46(27-43(50)62)74-75(71,72)73/h4-5,9-10,14-19,23,26-27,31,36-37,41,47,59H,6-8,11-13,20-22,24-25,28-30H2,1-3H3,(H,57,65)(H,60,67)(H3,56,58,70)(H2,71,72,73)/t36-,37+,41+,47?/m1/s1. The molecule has 0 bridgehead atoms. The SMILES string of the molecule is CSC1CC(=O)N(CCCC(=O)NCCC[C@H](C(=O)N[C@@H](CCCNC(N)=O)C(=O)Cc2ccc(C(=O)Cc3ccc4[nH]c(C(=O)N5C[C@@H](CCl)c6c5cc(OP(=O)(O)O)c5ccccc65)cc4c3)cc2)C(C)C)C1=O. The number of urea groups is 1. The first-order valence-electron chi connectivity index (χ1n) is 25.2. The van der Waals surface area contributed by atoms with Gasteiger partial charge in [0, 0.05) is 97.5 Å². The van der Waals surface area contributed by atoms with Crippen LogP contribution in [0.4, 0.5) is 10.5 Å². The number of anilines is 1. The number of benzene rings is 4. The molecule has 4 aromatic carbocycles. The van der Waals surface area contributed by atoms with Crippen LogP contribution in [-0.2, 0) is 41.4 Å². The molecule has 0 saturated carbocycles. The van der Waals surface area contributed by atoms with E-state index >= 15 is 0 Å². The monoisotopic (exact) mass is 1100 g/mol. The number of thioether (sulfide) groups is 1. The summed E-state index contributed by atoms with van der Waals surface area (Å²) in [7, 11) is -4.95. The Kier molecular flexibility index (Phi) is 19.2. The molecule has 19 nitrogen and oxygen atoms in total. The van der Waals surface area contributed by atoms with E-state index in [-0.39, 0.29) is 121 Å². The first-order valence-corrected chi connectivity index (χ1v) is 28.5. The van der Waals surface area contributed by atoms with Gasteiger partial charge in [-0.25, -0.2) is 9.36 Å². The predicted molar refractivity (Wildman–Crippen MR) is 290 cm³/mol. The fourth-order valence-electron chi connectivity index (χ4n) is 9.89. The number of Topliss-reactive ketones (excluding diaryl/α,β-unsaturated/α-hetero) is 2. The molecule has 8 N–H and O–H groups in total. The molecule has 1 saturated heterocycles. The summed E-state index contributed by atoms with van der Waals surface area (Å²) in [5.41, 5.74) is 9.07. The molecule has 1 fully saturated rings. The number of carbonyl (C=O) groups is 8. The minimum atomic E-state index is -4.95. The smallest absolute Gasteiger partial charge is 0.404 e. The summed E-state index contributed by atoms with van der Waals surface area (Å²) in [5, 5.41) is 9.76. The van der Waals surface area contributed by atoms with Gasteiger partial charge < -0.3 is 36.1 Å². The van der Waals surface area contributed by atoms with Crippen molar-refractivity contribution >= 4 is 106 Å². The van der Waals surface area contributed by atoms with Gasteiger partial charge >= 0.3 is 13.9 Å². The minimum Gasteiger partial charge on any atom is -0.404 e. The highest BCUT2D eigenvalue weighted by Crippen LogP contribution is 2.49. The first kappa shape index (κ1) is 57.1. The third-order valence-corrected chi connectivity index (χ3v) is 15.6. The second-order valence-corrected chi connectivity index (χ2v) is 22.0. The second kappa shape index (κ2) is 25.5. The lowest BCUT2D eigenvalue weighted by Crippen LogP contribution is -2.46. The van der Waals surface area contributed by atoms with Crippen molar-refractivity contribution in [3.63, 3.8) is 0 Å². The number of likely N-dealkylation sites (tertiary alicyclic amines) is 1. The summed E-state index contributed by atoms with van der Waals surface area (Å²) in [6.07, 6.45) is 3.95. The Morgan fingerprint density at radius 1 is 0.895 bits per heavy atom. The maximum Gasteiger partial charge on any atom is 0.524 e. The quantitative estimate of drug-likeness (QED) is 0.0100. The zero-order valence-corrected chi connectivity index (χ0v) is 44.9. The summed E-state index contributed by atoms with van der Waals surface area (Å²) in [6, 6.07) is 20.6. The molecular weight excluding hydrogens is 1040 g/mol. The highest BCUT2D eigenvalue weighted by atomic mass is 35.5. The lowest BCUT2D eigenvalue weighted by atomic mass is 9.89. The number of phosphoric ester groups is 1. The number of nitrogens with zero attached hydrogens (tertiary/aromatic N) is 2. The number of carbonyl (C=O) groups excluding carboxylic acids is 8. The normalized spacial score (nSPS) is 16.2. The Morgan fingerprint density at radius 2 is 1.59 bits per heavy atom. The van der Waals surface area contributed by atoms with Crippen LogP contribution in [0.15, 0.2) is 78.9 Å². The maximum absolute atomic E-state index is 14.2. The number of fused-ring (bicyclic) bond motifs is 4. The van der Waals surface area contributed by atoms with Crippen molar-refractivity contribution in [3.8, 4) is 5.75 Å². The van der Waals surface area contributed by atoms with Crippen LogP contribution in [0.5, 0.6) is 5.75 Å². The fraction of sp³-hybridized carbons (Fsp3) is 0.407. The lowest BCUT2D eigenvalue weighted by molar-refractivity contribution is -0.138. The van der Waals surface area contributed by atoms with E-state index in [1.54, 1.807) is 73.0 Å². The molecule has 4 atom stereocenters. The van der Waals surface area contributed by atoms with Crippen molar-refractivity contribution in [2.45, 2.75) is 88.8 Å². The van der Waals surface area contributed by atoms with Crippen LogP contribution in [0.3, 0.4) is 0 Å². The highest BCUT2D eigenvalue weighted by Gasteiger charge is 2.38. The van der Waals surface area contributed by atoms with Crippen LogP contribution < -0.4 is 31.1 Å². The number of aromatic nitrogens is 1. The number of ketones is 2. The van der Waals surface area contributed by atoms with Gasteiger partial charge in [-0.3, -0.25) is 48.2 Å². The van der Waals surface area contributed by atoms with Crippen LogP contribution in [-0.4, -0.2) is 116 Å². The molecule has 5 aromatic rings. The summed E-state index contributed by atoms with van der Waals surface area (Å²) in [5.74, 6) is -2.54. The van der Waals surface area contributed by atoms with Crippen molar-refractivity contribution in [3.05, 3.63) is 107 Å². The van der Waals surface area contributed by atoms with E-state index in [1.807, 2.05) is 19.9 Å². The van der Waals surface area contributed by atoms with Gasteiger partial charge in [0.25, 0.3) is 5.91 Å². The molecule has 7 amide bonds. The average Bonchev–Trinajstić information content (AvgIpc) is 4.06. The van der Waals surface area contributed by atoms with Gasteiger partial charge in [-0.15, -0.1) is 11.6 Å². The summed E-state index contributed by atoms with van der Waals surface area (Å²) in [6.45, 7) is 4.73. The van der Waals surface area contributed by atoms with Crippen LogP contribution in [0.2, 0.25) is 0 Å². The summed E-state index contributed by atoms with van der Waals surface area (Å²) in [4.78, 5) is 129. The largest absolute Gasteiger partial charge is 0.524 e. The summed E-state index contributed by atoms with van der Waals surface area (Å²) >= 11 is 7.76. The molecule has 7 rings (SSSR count). The number of phosphoric acid groups is 1. The predicted octanol–water partition coefficient (Wildman–Crippen LogP) is 6.69. The number of rotatable bonds is 26. The first-order chi connectivity index (χ1) is 36.2. The van der Waals surface area contributed by atoms with Crippen molar-refractivity contribution in [1.29, 1.82) is 0 Å². The Hall–Kier alpha value is -6.57. The number of amides is 7. The average molecular weight is 1100 g/mol. The number of primary amides is 1. The number of hydrogen-bond donors (Lipinski definition) is 7. The molecule has 0 spiro atoms. The maximum atomic E-state index is 14.2. The van der Waals surface area contributed by atoms with E-state index in [1.165, 1.54) is 27.6 Å². The molecule has 3 heterocycles.